The SMILES string of the molecule is CCC(=O)Nc1nnc(S(=O)(=O)NC2CCCc3cc(OC)ccc32)s1. The van der Waals surface area contributed by atoms with E-state index >= 15 is 0 Å². The van der Waals surface area contributed by atoms with E-state index in [9.17, 15) is 13.2 Å². The van der Waals surface area contributed by atoms with Crippen LogP contribution in [0.3, 0.4) is 0 Å². The number of aromatic nitrogens is 2. The number of benzene rings is 1. The topological polar surface area (TPSA) is 110 Å². The van der Waals surface area contributed by atoms with E-state index in [2.05, 4.69) is 20.2 Å². The minimum Gasteiger partial charge on any atom is -0.497 e. The summed E-state index contributed by atoms with van der Waals surface area (Å²) in [5.41, 5.74) is 2.03. The van der Waals surface area contributed by atoms with Crippen LogP contribution in [-0.2, 0) is 21.2 Å². The number of nitrogens with one attached hydrogen (secondary N) is 2. The van der Waals surface area contributed by atoms with Crippen molar-refractivity contribution in [2.75, 3.05) is 12.4 Å². The first-order valence-corrected chi connectivity index (χ1v) is 10.6. The number of hydrogen-bond donors (Lipinski definition) is 2. The van der Waals surface area contributed by atoms with Gasteiger partial charge >= 0.3 is 0 Å². The number of nitrogens with zero attached hydrogens (tertiary/aromatic N) is 2. The Labute approximate surface area is 156 Å². The average molecular weight is 396 g/mol. The van der Waals surface area contributed by atoms with Crippen molar-refractivity contribution in [1.82, 2.24) is 14.9 Å². The van der Waals surface area contributed by atoms with Gasteiger partial charge in [-0.2, -0.15) is 0 Å². The molecule has 0 saturated carbocycles. The van der Waals surface area contributed by atoms with Crippen LogP contribution < -0.4 is 14.8 Å². The second-order valence-electron chi connectivity index (χ2n) is 5.91. The maximum absolute atomic E-state index is 12.7. The molecular weight excluding hydrogens is 376 g/mol. The molecule has 0 saturated heterocycles. The lowest BCUT2D eigenvalue weighted by molar-refractivity contribution is -0.115. The lowest BCUT2D eigenvalue weighted by Gasteiger charge is -2.26. The van der Waals surface area contributed by atoms with Crippen LogP contribution in [0.5, 0.6) is 5.75 Å². The van der Waals surface area contributed by atoms with Crippen LogP contribution in [0.15, 0.2) is 22.5 Å². The molecule has 2 aromatic rings. The van der Waals surface area contributed by atoms with Gasteiger partial charge in [-0.15, -0.1) is 10.2 Å². The molecule has 0 aliphatic heterocycles. The highest BCUT2D eigenvalue weighted by molar-refractivity contribution is 7.91. The number of ether oxygens (including phenoxy) is 1. The van der Waals surface area contributed by atoms with E-state index in [1.165, 1.54) is 0 Å². The largest absolute Gasteiger partial charge is 0.497 e. The molecule has 140 valence electrons. The molecule has 0 fully saturated rings. The molecule has 26 heavy (non-hydrogen) atoms. The van der Waals surface area contributed by atoms with Crippen molar-refractivity contribution >= 4 is 32.4 Å². The Bertz CT molecular complexity index is 911. The smallest absolute Gasteiger partial charge is 0.270 e. The van der Waals surface area contributed by atoms with Crippen LogP contribution in [0.4, 0.5) is 5.13 Å². The number of anilines is 1. The second-order valence-corrected chi connectivity index (χ2v) is 8.77. The molecule has 0 bridgehead atoms. The molecule has 8 nitrogen and oxygen atoms in total. The van der Waals surface area contributed by atoms with Gasteiger partial charge in [0.1, 0.15) is 5.75 Å². The monoisotopic (exact) mass is 396 g/mol. The molecule has 1 aromatic heterocycles. The predicted molar refractivity (Wildman–Crippen MR) is 97.8 cm³/mol. The minimum absolute atomic E-state index is 0.162. The van der Waals surface area contributed by atoms with Crippen molar-refractivity contribution in [1.29, 1.82) is 0 Å². The first-order chi connectivity index (χ1) is 12.4. The number of carbonyl (C=O) groups is 1. The fourth-order valence-corrected chi connectivity index (χ4v) is 5.04. The van der Waals surface area contributed by atoms with Gasteiger partial charge < -0.3 is 10.1 Å². The van der Waals surface area contributed by atoms with E-state index in [0.717, 1.165) is 41.1 Å². The van der Waals surface area contributed by atoms with Gasteiger partial charge in [0.15, 0.2) is 0 Å². The highest BCUT2D eigenvalue weighted by Gasteiger charge is 2.28. The maximum atomic E-state index is 12.7. The number of aryl methyl sites for hydroxylation is 1. The summed E-state index contributed by atoms with van der Waals surface area (Å²) < 4.78 is 33.1. The zero-order chi connectivity index (χ0) is 18.7. The first kappa shape index (κ1) is 18.7. The van der Waals surface area contributed by atoms with Gasteiger partial charge in [0.25, 0.3) is 10.0 Å². The molecule has 10 heteroatoms. The standard InChI is InChI=1S/C16H20N4O4S2/c1-3-14(21)17-15-18-19-16(25-15)26(22,23)20-13-6-4-5-10-9-11(24-2)7-8-12(10)13/h7-9,13,20H,3-6H2,1-2H3,(H,17,18,21). The van der Waals surface area contributed by atoms with Crippen LogP contribution in [-0.4, -0.2) is 31.6 Å². The van der Waals surface area contributed by atoms with Crippen LogP contribution in [0.1, 0.15) is 43.4 Å². The summed E-state index contributed by atoms with van der Waals surface area (Å²) in [5.74, 6) is 0.515. The first-order valence-electron chi connectivity index (χ1n) is 8.25. The quantitative estimate of drug-likeness (QED) is 0.725. The Hall–Kier alpha value is -2.04. The van der Waals surface area contributed by atoms with Gasteiger partial charge in [0, 0.05) is 12.5 Å². The van der Waals surface area contributed by atoms with E-state index in [0.29, 0.717) is 6.42 Å². The van der Waals surface area contributed by atoms with Crippen LogP contribution in [0.25, 0.3) is 0 Å². The summed E-state index contributed by atoms with van der Waals surface area (Å²) >= 11 is 0.835. The molecule has 1 unspecified atom stereocenters. The summed E-state index contributed by atoms with van der Waals surface area (Å²) in [6.45, 7) is 1.70. The predicted octanol–water partition coefficient (Wildman–Crippen LogP) is 2.25. The second kappa shape index (κ2) is 7.68. The number of carbonyl (C=O) groups excluding carboxylic acids is 1. The molecule has 1 aliphatic carbocycles. The van der Waals surface area contributed by atoms with Gasteiger partial charge in [-0.25, -0.2) is 13.1 Å². The van der Waals surface area contributed by atoms with E-state index in [1.54, 1.807) is 14.0 Å². The summed E-state index contributed by atoms with van der Waals surface area (Å²) in [7, 11) is -2.22. The summed E-state index contributed by atoms with van der Waals surface area (Å²) in [4.78, 5) is 11.4. The molecule has 1 aliphatic rings. The Kier molecular flexibility index (Phi) is 5.54. The highest BCUT2D eigenvalue weighted by Crippen LogP contribution is 2.33. The fourth-order valence-electron chi connectivity index (χ4n) is 2.85. The number of sulfonamides is 1. The number of rotatable bonds is 6. The van der Waals surface area contributed by atoms with Crippen LogP contribution in [0.2, 0.25) is 0 Å². The number of fused-ring (bicyclic) bond motifs is 1. The molecule has 0 spiro atoms. The van der Waals surface area contributed by atoms with Crippen molar-refractivity contribution < 1.29 is 17.9 Å². The average Bonchev–Trinajstić information content (AvgIpc) is 3.10. The molecule has 3 rings (SSSR count). The van der Waals surface area contributed by atoms with Crippen molar-refractivity contribution in [3.8, 4) is 5.75 Å². The van der Waals surface area contributed by atoms with Crippen molar-refractivity contribution in [2.24, 2.45) is 0 Å². The Morgan fingerprint density at radius 2 is 2.19 bits per heavy atom. The third-order valence-corrected chi connectivity index (χ3v) is 6.84. The lowest BCUT2D eigenvalue weighted by atomic mass is 9.88. The third kappa shape index (κ3) is 4.02. The maximum Gasteiger partial charge on any atom is 0.270 e. The zero-order valence-corrected chi connectivity index (χ0v) is 16.1. The summed E-state index contributed by atoms with van der Waals surface area (Å²) in [6.07, 6.45) is 2.75. The molecule has 1 heterocycles. The van der Waals surface area contributed by atoms with Crippen molar-refractivity contribution in [2.45, 2.75) is 43.0 Å². The fraction of sp³-hybridized carbons (Fsp3) is 0.438. The van der Waals surface area contributed by atoms with Gasteiger partial charge in [0.05, 0.1) is 7.11 Å². The number of amides is 1. The van der Waals surface area contributed by atoms with Crippen LogP contribution in [0, 0.1) is 0 Å². The molecule has 1 amide bonds. The molecule has 0 radical (unpaired) electrons. The van der Waals surface area contributed by atoms with Crippen molar-refractivity contribution in [3.05, 3.63) is 29.3 Å². The molecule has 2 N–H and O–H groups in total. The normalized spacial score (nSPS) is 16.8. The van der Waals surface area contributed by atoms with E-state index in [1.807, 2.05) is 18.2 Å². The lowest BCUT2D eigenvalue weighted by Crippen LogP contribution is -2.31. The Morgan fingerprint density at radius 1 is 1.38 bits per heavy atom. The number of methoxy groups -OCH3 is 1. The Balaban J connectivity index is 1.80. The zero-order valence-electron chi connectivity index (χ0n) is 14.5. The Morgan fingerprint density at radius 3 is 2.92 bits per heavy atom. The molecule has 1 atom stereocenters. The number of hydrogen-bond acceptors (Lipinski definition) is 7. The van der Waals surface area contributed by atoms with Gasteiger partial charge in [-0.05, 0) is 42.5 Å². The van der Waals surface area contributed by atoms with Gasteiger partial charge in [-0.3, -0.25) is 4.79 Å². The van der Waals surface area contributed by atoms with Crippen molar-refractivity contribution in [3.63, 3.8) is 0 Å². The van der Waals surface area contributed by atoms with Gasteiger partial charge in [-0.1, -0.05) is 24.3 Å². The molecular formula is C16H20N4O4S2. The third-order valence-electron chi connectivity index (χ3n) is 4.17. The molecule has 1 aromatic carbocycles. The van der Waals surface area contributed by atoms with E-state index in [-0.39, 0.29) is 27.8 Å². The van der Waals surface area contributed by atoms with Crippen LogP contribution >= 0.6 is 11.3 Å². The van der Waals surface area contributed by atoms with E-state index in [4.69, 9.17) is 4.74 Å². The summed E-state index contributed by atoms with van der Waals surface area (Å²) in [6, 6.07) is 5.34. The highest BCUT2D eigenvalue weighted by atomic mass is 32.2. The summed E-state index contributed by atoms with van der Waals surface area (Å²) in [5, 5.41) is 10.1. The van der Waals surface area contributed by atoms with E-state index < -0.39 is 10.0 Å². The van der Waals surface area contributed by atoms with Gasteiger partial charge in [0.2, 0.25) is 15.4 Å². The minimum atomic E-state index is -3.83.